The fourth-order valence-corrected chi connectivity index (χ4v) is 3.27. The van der Waals surface area contributed by atoms with Crippen LogP contribution in [0.15, 0.2) is 0 Å². The minimum atomic E-state index is -0.168. The lowest BCUT2D eigenvalue weighted by Gasteiger charge is -2.26. The summed E-state index contributed by atoms with van der Waals surface area (Å²) in [5.41, 5.74) is 0. The molecular weight excluding hydrogens is 322 g/mol. The highest BCUT2D eigenvalue weighted by molar-refractivity contribution is 5.75. The molecule has 1 rings (SSSR count). The van der Waals surface area contributed by atoms with Gasteiger partial charge in [-0.1, -0.05) is 13.8 Å². The maximum absolute atomic E-state index is 12.2. The van der Waals surface area contributed by atoms with E-state index in [1.807, 2.05) is 0 Å². The van der Waals surface area contributed by atoms with Crippen molar-refractivity contribution in [1.82, 2.24) is 4.90 Å². The van der Waals surface area contributed by atoms with E-state index in [2.05, 4.69) is 18.7 Å². The van der Waals surface area contributed by atoms with Crippen LogP contribution in [0.3, 0.4) is 0 Å². The summed E-state index contributed by atoms with van der Waals surface area (Å²) in [6, 6.07) is 0. The molecule has 0 N–H and O–H groups in total. The van der Waals surface area contributed by atoms with Gasteiger partial charge in [0.1, 0.15) is 13.2 Å². The number of esters is 2. The lowest BCUT2D eigenvalue weighted by atomic mass is 9.82. The highest BCUT2D eigenvalue weighted by Gasteiger charge is 2.31. The Morgan fingerprint density at radius 2 is 1.28 bits per heavy atom. The first kappa shape index (κ1) is 21.9. The van der Waals surface area contributed by atoms with Crippen molar-refractivity contribution >= 4 is 11.9 Å². The largest absolute Gasteiger partial charge is 0.464 e. The molecule has 25 heavy (non-hydrogen) atoms. The molecule has 0 spiro atoms. The third-order valence-corrected chi connectivity index (χ3v) is 4.66. The van der Waals surface area contributed by atoms with Crippen molar-refractivity contribution in [2.75, 3.05) is 46.6 Å². The number of hydrogen-bond acceptors (Lipinski definition) is 6. The molecule has 0 aromatic heterocycles. The Hall–Kier alpha value is -1.14. The lowest BCUT2D eigenvalue weighted by molar-refractivity contribution is -0.156. The van der Waals surface area contributed by atoms with Crippen LogP contribution in [0.4, 0.5) is 0 Å². The number of nitrogens with zero attached hydrogens (tertiary/aromatic N) is 1. The second kappa shape index (κ2) is 13.1. The van der Waals surface area contributed by atoms with Crippen LogP contribution in [0.5, 0.6) is 0 Å². The second-order valence-electron chi connectivity index (χ2n) is 6.72. The van der Waals surface area contributed by atoms with Gasteiger partial charge in [-0.3, -0.25) is 14.5 Å². The van der Waals surface area contributed by atoms with Crippen molar-refractivity contribution in [3.05, 3.63) is 0 Å². The number of methoxy groups -OCH3 is 1. The average molecular weight is 357 g/mol. The maximum Gasteiger partial charge on any atom is 0.309 e. The van der Waals surface area contributed by atoms with Gasteiger partial charge in [0.25, 0.3) is 0 Å². The second-order valence-corrected chi connectivity index (χ2v) is 6.72. The zero-order valence-corrected chi connectivity index (χ0v) is 16.1. The summed E-state index contributed by atoms with van der Waals surface area (Å²) < 4.78 is 15.5. The van der Waals surface area contributed by atoms with E-state index >= 15 is 0 Å². The predicted molar refractivity (Wildman–Crippen MR) is 96.3 cm³/mol. The molecule has 0 unspecified atom stereocenters. The van der Waals surface area contributed by atoms with E-state index in [-0.39, 0.29) is 23.8 Å². The third-order valence-electron chi connectivity index (χ3n) is 4.66. The van der Waals surface area contributed by atoms with Gasteiger partial charge in [0.2, 0.25) is 0 Å². The summed E-state index contributed by atoms with van der Waals surface area (Å²) in [7, 11) is 1.58. The average Bonchev–Trinajstić information content (AvgIpc) is 2.62. The van der Waals surface area contributed by atoms with Crippen LogP contribution in [-0.4, -0.2) is 63.4 Å². The van der Waals surface area contributed by atoms with E-state index < -0.39 is 0 Å². The maximum atomic E-state index is 12.2. The van der Waals surface area contributed by atoms with Gasteiger partial charge in [-0.05, 0) is 51.6 Å². The summed E-state index contributed by atoms with van der Waals surface area (Å²) in [5, 5.41) is 0. The Morgan fingerprint density at radius 3 is 1.72 bits per heavy atom. The zero-order chi connectivity index (χ0) is 18.5. The fraction of sp³-hybridized carbons (Fsp3) is 0.895. The molecule has 1 saturated carbocycles. The van der Waals surface area contributed by atoms with Gasteiger partial charge in [-0.2, -0.15) is 0 Å². The van der Waals surface area contributed by atoms with E-state index in [1.54, 1.807) is 7.11 Å². The van der Waals surface area contributed by atoms with Gasteiger partial charge < -0.3 is 14.2 Å². The summed E-state index contributed by atoms with van der Waals surface area (Å²) >= 11 is 0. The zero-order valence-electron chi connectivity index (χ0n) is 16.1. The smallest absolute Gasteiger partial charge is 0.309 e. The minimum absolute atomic E-state index is 0.0752. The molecule has 0 aliphatic heterocycles. The van der Waals surface area contributed by atoms with Crippen LogP contribution in [0.25, 0.3) is 0 Å². The molecule has 0 aromatic carbocycles. The van der Waals surface area contributed by atoms with E-state index in [0.29, 0.717) is 45.5 Å². The molecule has 0 amide bonds. The van der Waals surface area contributed by atoms with E-state index in [9.17, 15) is 9.59 Å². The molecule has 0 bridgehead atoms. The molecule has 6 nitrogen and oxygen atoms in total. The highest BCUT2D eigenvalue weighted by Crippen LogP contribution is 2.30. The number of ether oxygens (including phenoxy) is 3. The van der Waals surface area contributed by atoms with Gasteiger partial charge >= 0.3 is 11.9 Å². The molecule has 1 aliphatic rings. The van der Waals surface area contributed by atoms with Crippen molar-refractivity contribution in [1.29, 1.82) is 0 Å². The molecule has 0 saturated heterocycles. The fourth-order valence-electron chi connectivity index (χ4n) is 3.27. The third kappa shape index (κ3) is 8.68. The number of hydrogen-bond donors (Lipinski definition) is 0. The normalized spacial score (nSPS) is 20.5. The standard InChI is InChI=1S/C19H35NO5/c1-4-10-20(11-5-2)12-13-24-18(21)16-6-8-17(9-7-16)19(22)25-15-14-23-3/h16-17H,4-15H2,1-3H3. The molecule has 1 aliphatic carbocycles. The Morgan fingerprint density at radius 1 is 0.800 bits per heavy atom. The summed E-state index contributed by atoms with van der Waals surface area (Å²) in [5.74, 6) is -0.447. The van der Waals surface area contributed by atoms with Gasteiger partial charge in [0, 0.05) is 13.7 Å². The van der Waals surface area contributed by atoms with Gasteiger partial charge in [-0.25, -0.2) is 0 Å². The molecular formula is C19H35NO5. The van der Waals surface area contributed by atoms with Crippen LogP contribution in [0.2, 0.25) is 0 Å². The Kier molecular flexibility index (Phi) is 11.5. The minimum Gasteiger partial charge on any atom is -0.464 e. The van der Waals surface area contributed by atoms with Crippen LogP contribution >= 0.6 is 0 Å². The van der Waals surface area contributed by atoms with Crippen molar-refractivity contribution in [2.24, 2.45) is 11.8 Å². The van der Waals surface area contributed by atoms with E-state index in [4.69, 9.17) is 14.2 Å². The Balaban J connectivity index is 2.23. The molecule has 0 aromatic rings. The van der Waals surface area contributed by atoms with Crippen molar-refractivity contribution in [3.63, 3.8) is 0 Å². The van der Waals surface area contributed by atoms with E-state index in [0.717, 1.165) is 32.5 Å². The first-order valence-electron chi connectivity index (χ1n) is 9.66. The summed E-state index contributed by atoms with van der Waals surface area (Å²) in [6.45, 7) is 8.38. The molecule has 146 valence electrons. The number of carbonyl (C=O) groups is 2. The lowest BCUT2D eigenvalue weighted by Crippen LogP contribution is -2.32. The monoisotopic (exact) mass is 357 g/mol. The van der Waals surface area contributed by atoms with Gasteiger partial charge in [0.15, 0.2) is 0 Å². The van der Waals surface area contributed by atoms with E-state index in [1.165, 1.54) is 0 Å². The topological polar surface area (TPSA) is 65.1 Å². The summed E-state index contributed by atoms with van der Waals surface area (Å²) in [6.07, 6.45) is 5.02. The van der Waals surface area contributed by atoms with Crippen LogP contribution in [-0.2, 0) is 23.8 Å². The number of rotatable bonds is 12. The molecule has 0 radical (unpaired) electrons. The van der Waals surface area contributed by atoms with Gasteiger partial charge in [-0.15, -0.1) is 0 Å². The van der Waals surface area contributed by atoms with Crippen LogP contribution in [0.1, 0.15) is 52.4 Å². The van der Waals surface area contributed by atoms with Crippen molar-refractivity contribution in [2.45, 2.75) is 52.4 Å². The predicted octanol–water partition coefficient (Wildman–Crippen LogP) is 2.65. The van der Waals surface area contributed by atoms with Crippen molar-refractivity contribution in [3.8, 4) is 0 Å². The van der Waals surface area contributed by atoms with Crippen molar-refractivity contribution < 1.29 is 23.8 Å². The molecule has 1 fully saturated rings. The molecule has 0 heterocycles. The number of carbonyl (C=O) groups excluding carboxylic acids is 2. The van der Waals surface area contributed by atoms with Gasteiger partial charge in [0.05, 0.1) is 18.4 Å². The molecule has 6 heteroatoms. The first-order chi connectivity index (χ1) is 12.1. The Bertz CT molecular complexity index is 374. The SMILES string of the molecule is CCCN(CCC)CCOC(=O)C1CCC(C(=O)OCCOC)CC1. The first-order valence-corrected chi connectivity index (χ1v) is 9.66. The molecule has 0 atom stereocenters. The van der Waals surface area contributed by atoms with Crippen LogP contribution in [0, 0.1) is 11.8 Å². The Labute approximate surface area is 152 Å². The highest BCUT2D eigenvalue weighted by atomic mass is 16.6. The summed E-state index contributed by atoms with van der Waals surface area (Å²) in [4.78, 5) is 26.5. The quantitative estimate of drug-likeness (QED) is 0.395. The van der Waals surface area contributed by atoms with Crippen LogP contribution < -0.4 is 0 Å².